The standard InChI is InChI=1S/C22H30N2O4S2/c25-29(26)17-21(30(27,28)19-9-3-1-4-10-19)22-18(8-7-11-20(22)29)16-23-12-15-24-13-5-2-6-14-24/h1,3-4,7-11,21,23,25-26H,2,5-6,12-17H2. The van der Waals surface area contributed by atoms with E-state index in [2.05, 4.69) is 10.2 Å². The maximum atomic E-state index is 13.3. The zero-order chi connectivity index (χ0) is 21.2. The van der Waals surface area contributed by atoms with Gasteiger partial charge in [0.15, 0.2) is 9.84 Å². The van der Waals surface area contributed by atoms with Gasteiger partial charge in [-0.1, -0.05) is 36.8 Å². The quantitative estimate of drug-likeness (QED) is 0.555. The molecule has 0 aliphatic carbocycles. The summed E-state index contributed by atoms with van der Waals surface area (Å²) in [7, 11) is -6.86. The summed E-state index contributed by atoms with van der Waals surface area (Å²) in [5.41, 5.74) is 1.39. The highest BCUT2D eigenvalue weighted by Crippen LogP contribution is 2.62. The Bertz CT molecular complexity index is 974. The highest BCUT2D eigenvalue weighted by molar-refractivity contribution is 8.25. The molecule has 0 bridgehead atoms. The van der Waals surface area contributed by atoms with Crippen molar-refractivity contribution in [1.29, 1.82) is 0 Å². The van der Waals surface area contributed by atoms with Crippen LogP contribution in [0.3, 0.4) is 0 Å². The second-order valence-corrected chi connectivity index (χ2v) is 12.3. The predicted molar refractivity (Wildman–Crippen MR) is 121 cm³/mol. The van der Waals surface area contributed by atoms with Crippen molar-refractivity contribution in [2.45, 2.75) is 40.8 Å². The van der Waals surface area contributed by atoms with Gasteiger partial charge >= 0.3 is 0 Å². The molecule has 2 aliphatic heterocycles. The number of nitrogens with one attached hydrogen (secondary N) is 1. The molecular formula is C22H30N2O4S2. The van der Waals surface area contributed by atoms with Crippen LogP contribution in [0.5, 0.6) is 0 Å². The van der Waals surface area contributed by atoms with E-state index in [0.717, 1.165) is 31.7 Å². The Morgan fingerprint density at radius 1 is 1.00 bits per heavy atom. The highest BCUT2D eigenvalue weighted by Gasteiger charge is 2.44. The van der Waals surface area contributed by atoms with Crippen LogP contribution >= 0.6 is 10.6 Å². The average Bonchev–Trinajstić information content (AvgIpc) is 3.05. The zero-order valence-electron chi connectivity index (χ0n) is 17.0. The average molecular weight is 451 g/mol. The van der Waals surface area contributed by atoms with Gasteiger partial charge in [0, 0.05) is 19.6 Å². The summed E-state index contributed by atoms with van der Waals surface area (Å²) in [6.45, 7) is 4.57. The van der Waals surface area contributed by atoms with Crippen LogP contribution in [-0.2, 0) is 16.4 Å². The third-order valence-electron chi connectivity index (χ3n) is 6.03. The van der Waals surface area contributed by atoms with Gasteiger partial charge in [-0.05, 0) is 55.3 Å². The fourth-order valence-electron chi connectivity index (χ4n) is 4.44. The van der Waals surface area contributed by atoms with Crippen molar-refractivity contribution in [1.82, 2.24) is 10.2 Å². The third-order valence-corrected chi connectivity index (χ3v) is 10.2. The van der Waals surface area contributed by atoms with Gasteiger partial charge in [0.05, 0.1) is 15.5 Å². The number of hydrogen-bond donors (Lipinski definition) is 3. The molecule has 0 spiro atoms. The lowest BCUT2D eigenvalue weighted by atomic mass is 10.1. The predicted octanol–water partition coefficient (Wildman–Crippen LogP) is 3.90. The first-order valence-corrected chi connectivity index (χ1v) is 13.8. The second-order valence-electron chi connectivity index (χ2n) is 8.09. The molecule has 2 aromatic carbocycles. The summed E-state index contributed by atoms with van der Waals surface area (Å²) < 4.78 is 48.0. The summed E-state index contributed by atoms with van der Waals surface area (Å²) in [5, 5.41) is 2.48. The number of rotatable bonds is 7. The summed E-state index contributed by atoms with van der Waals surface area (Å²) in [6, 6.07) is 13.6. The van der Waals surface area contributed by atoms with E-state index in [-0.39, 0.29) is 10.6 Å². The molecule has 6 nitrogen and oxygen atoms in total. The molecule has 1 fully saturated rings. The number of likely N-dealkylation sites (tertiary alicyclic amines) is 1. The minimum Gasteiger partial charge on any atom is -0.311 e. The van der Waals surface area contributed by atoms with E-state index < -0.39 is 25.7 Å². The molecule has 0 amide bonds. The first-order valence-electron chi connectivity index (χ1n) is 10.5. The van der Waals surface area contributed by atoms with E-state index in [1.165, 1.54) is 19.3 Å². The molecule has 2 heterocycles. The zero-order valence-corrected chi connectivity index (χ0v) is 18.7. The number of piperidine rings is 1. The molecule has 2 aliphatic rings. The molecule has 3 N–H and O–H groups in total. The molecule has 0 radical (unpaired) electrons. The van der Waals surface area contributed by atoms with Gasteiger partial charge in [-0.15, -0.1) is 0 Å². The SMILES string of the molecule is O=S(=O)(c1ccccc1)C1CS(O)(O)c2cccc(CNCCN3CCCCC3)c21. The molecule has 30 heavy (non-hydrogen) atoms. The Kier molecular flexibility index (Phi) is 6.53. The van der Waals surface area contributed by atoms with Crippen molar-refractivity contribution in [2.75, 3.05) is 31.9 Å². The Morgan fingerprint density at radius 3 is 2.47 bits per heavy atom. The number of fused-ring (bicyclic) bond motifs is 1. The molecule has 0 saturated carbocycles. The first-order chi connectivity index (χ1) is 14.4. The van der Waals surface area contributed by atoms with Crippen molar-refractivity contribution >= 4 is 20.4 Å². The van der Waals surface area contributed by atoms with Crippen molar-refractivity contribution in [3.63, 3.8) is 0 Å². The van der Waals surface area contributed by atoms with E-state index >= 15 is 0 Å². The molecule has 4 rings (SSSR count). The minimum absolute atomic E-state index is 0.176. The fourth-order valence-corrected chi connectivity index (χ4v) is 8.95. The van der Waals surface area contributed by atoms with Gasteiger partial charge < -0.3 is 10.2 Å². The first kappa shape index (κ1) is 21.8. The van der Waals surface area contributed by atoms with Gasteiger partial charge in [-0.2, -0.15) is 10.6 Å². The van der Waals surface area contributed by atoms with Crippen molar-refractivity contribution in [3.05, 3.63) is 59.7 Å². The summed E-state index contributed by atoms with van der Waals surface area (Å²) >= 11 is 0. The Morgan fingerprint density at radius 2 is 1.73 bits per heavy atom. The third kappa shape index (κ3) is 4.44. The number of benzene rings is 2. The lowest BCUT2D eigenvalue weighted by molar-refractivity contribution is 0.229. The lowest BCUT2D eigenvalue weighted by Gasteiger charge is -2.27. The van der Waals surface area contributed by atoms with Gasteiger partial charge in [-0.3, -0.25) is 9.11 Å². The molecular weight excluding hydrogens is 420 g/mol. The van der Waals surface area contributed by atoms with E-state index in [1.807, 2.05) is 6.07 Å². The molecule has 1 atom stereocenters. The molecule has 1 unspecified atom stereocenters. The Labute approximate surface area is 180 Å². The molecule has 0 aromatic heterocycles. The number of nitrogens with zero attached hydrogens (tertiary/aromatic N) is 1. The van der Waals surface area contributed by atoms with Crippen LogP contribution in [0.25, 0.3) is 0 Å². The lowest BCUT2D eigenvalue weighted by Crippen LogP contribution is -2.35. The van der Waals surface area contributed by atoms with Crippen LogP contribution in [0.2, 0.25) is 0 Å². The van der Waals surface area contributed by atoms with Gasteiger partial charge in [-0.25, -0.2) is 8.42 Å². The normalized spacial score (nSPS) is 22.5. The van der Waals surface area contributed by atoms with Crippen molar-refractivity contribution < 1.29 is 17.5 Å². The molecule has 1 saturated heterocycles. The van der Waals surface area contributed by atoms with E-state index in [4.69, 9.17) is 0 Å². The van der Waals surface area contributed by atoms with Crippen molar-refractivity contribution in [3.8, 4) is 0 Å². The van der Waals surface area contributed by atoms with Crippen LogP contribution < -0.4 is 5.32 Å². The molecule has 2 aromatic rings. The van der Waals surface area contributed by atoms with E-state index in [9.17, 15) is 17.5 Å². The number of sulfone groups is 1. The van der Waals surface area contributed by atoms with Gasteiger partial charge in [0.1, 0.15) is 5.25 Å². The summed E-state index contributed by atoms with van der Waals surface area (Å²) in [4.78, 5) is 3.04. The smallest absolute Gasteiger partial charge is 0.187 e. The molecule has 164 valence electrons. The molecule has 8 heteroatoms. The fraction of sp³-hybridized carbons (Fsp3) is 0.455. The van der Waals surface area contributed by atoms with Crippen LogP contribution in [0.15, 0.2) is 58.3 Å². The van der Waals surface area contributed by atoms with Gasteiger partial charge in [0.2, 0.25) is 0 Å². The second kappa shape index (κ2) is 8.98. The van der Waals surface area contributed by atoms with E-state index in [0.29, 0.717) is 17.0 Å². The monoisotopic (exact) mass is 450 g/mol. The minimum atomic E-state index is -3.73. The maximum Gasteiger partial charge on any atom is 0.187 e. The van der Waals surface area contributed by atoms with Crippen LogP contribution in [0, 0.1) is 0 Å². The summed E-state index contributed by atoms with van der Waals surface area (Å²) in [6.07, 6.45) is 3.82. The van der Waals surface area contributed by atoms with Crippen LogP contribution in [0.4, 0.5) is 0 Å². The van der Waals surface area contributed by atoms with Gasteiger partial charge in [0.25, 0.3) is 0 Å². The highest BCUT2D eigenvalue weighted by atomic mass is 32.3. The van der Waals surface area contributed by atoms with Crippen molar-refractivity contribution in [2.24, 2.45) is 0 Å². The Balaban J connectivity index is 1.55. The largest absolute Gasteiger partial charge is 0.311 e. The van der Waals surface area contributed by atoms with Crippen LogP contribution in [0.1, 0.15) is 35.6 Å². The summed E-state index contributed by atoms with van der Waals surface area (Å²) in [5.74, 6) is -0.176. The van der Waals surface area contributed by atoms with Crippen LogP contribution in [-0.4, -0.2) is 54.4 Å². The topological polar surface area (TPSA) is 89.9 Å². The number of hydrogen-bond acceptors (Lipinski definition) is 6. The van der Waals surface area contributed by atoms with E-state index in [1.54, 1.807) is 42.5 Å². The Hall–Kier alpha value is -1.42. The maximum absolute atomic E-state index is 13.3.